The van der Waals surface area contributed by atoms with Gasteiger partial charge in [0, 0.05) is 23.5 Å². The molecule has 0 bridgehead atoms. The number of nitrogens with one attached hydrogen (secondary N) is 1. The van der Waals surface area contributed by atoms with Gasteiger partial charge >= 0.3 is 14.0 Å². The van der Waals surface area contributed by atoms with E-state index in [9.17, 15) is 22.6 Å². The number of para-hydroxylation sites is 1. The van der Waals surface area contributed by atoms with Crippen molar-refractivity contribution in [2.24, 2.45) is 0 Å². The van der Waals surface area contributed by atoms with E-state index in [4.69, 9.17) is 8.22 Å². The second-order valence-electron chi connectivity index (χ2n) is 5.42. The van der Waals surface area contributed by atoms with E-state index >= 15 is 0 Å². The summed E-state index contributed by atoms with van der Waals surface area (Å²) in [7, 11) is -5.39. The van der Waals surface area contributed by atoms with Gasteiger partial charge in [-0.2, -0.15) is 13.2 Å². The SMILES string of the molecule is [2H]C([2H])([2H])[N+](CCc1c[nH]c2ccccc12)(COP(=O)(O)OCC(F)(F)F)C([2H])([2H])[2H]. The molecule has 0 fully saturated rings. The van der Waals surface area contributed by atoms with Crippen molar-refractivity contribution < 1.29 is 44.4 Å². The van der Waals surface area contributed by atoms with E-state index in [2.05, 4.69) is 14.0 Å². The van der Waals surface area contributed by atoms with Crippen molar-refractivity contribution >= 4 is 18.7 Å². The van der Waals surface area contributed by atoms with E-state index in [1.54, 1.807) is 30.5 Å². The first-order valence-electron chi connectivity index (χ1n) is 10.1. The molecule has 25 heavy (non-hydrogen) atoms. The maximum atomic E-state index is 12.2. The second kappa shape index (κ2) is 7.47. The normalized spacial score (nSPS) is 20.0. The summed E-state index contributed by atoms with van der Waals surface area (Å²) in [5.41, 5.74) is 1.32. The molecule has 6 nitrogen and oxygen atoms in total. The third-order valence-corrected chi connectivity index (χ3v) is 4.17. The Morgan fingerprint density at radius 1 is 1.32 bits per heavy atom. The number of rotatable bonds is 8. The van der Waals surface area contributed by atoms with Crippen LogP contribution in [0.15, 0.2) is 30.5 Å². The zero-order valence-corrected chi connectivity index (χ0v) is 13.8. The first-order valence-corrected chi connectivity index (χ1v) is 8.58. The zero-order chi connectivity index (χ0) is 23.7. The molecule has 140 valence electrons. The number of phosphoric acid groups is 1. The first-order chi connectivity index (χ1) is 14.0. The van der Waals surface area contributed by atoms with E-state index < -0.39 is 52.3 Å². The summed E-state index contributed by atoms with van der Waals surface area (Å²) < 4.78 is 102. The van der Waals surface area contributed by atoms with Gasteiger partial charge in [0.1, 0.15) is 0 Å². The summed E-state index contributed by atoms with van der Waals surface area (Å²) in [4.78, 5) is 12.5. The molecule has 1 atom stereocenters. The average molecular weight is 387 g/mol. The summed E-state index contributed by atoms with van der Waals surface area (Å²) in [5.74, 6) is 0. The molecule has 0 spiro atoms. The predicted molar refractivity (Wildman–Crippen MR) is 86.8 cm³/mol. The second-order valence-corrected chi connectivity index (χ2v) is 6.87. The number of benzene rings is 1. The highest BCUT2D eigenvalue weighted by Crippen LogP contribution is 2.44. The van der Waals surface area contributed by atoms with Crippen molar-refractivity contribution in [3.8, 4) is 0 Å². The number of H-pyrrole nitrogens is 1. The van der Waals surface area contributed by atoms with Gasteiger partial charge in [-0.15, -0.1) is 0 Å². The third kappa shape index (κ3) is 6.45. The Hall–Kier alpha value is -1.38. The molecule has 1 aromatic carbocycles. The molecular formula is C15H21F3N2O4P+. The molecule has 1 heterocycles. The number of aromatic nitrogens is 1. The molecule has 0 aliphatic rings. The minimum absolute atomic E-state index is 0.0801. The van der Waals surface area contributed by atoms with Gasteiger partial charge in [-0.3, -0.25) is 4.52 Å². The standard InChI is InChI=1S/C15H20F3N2O4P/c1-20(2,11-24-25(21,22)23-10-15(16,17)18)8-7-12-9-19-14-6-4-3-5-13(12)14/h3-6,9,19H,7-8,10-11H2,1-2H3/p+1/i1D3,2D3. The number of alkyl halides is 3. The Labute approximate surface area is 151 Å². The maximum Gasteiger partial charge on any atom is 0.476 e. The van der Waals surface area contributed by atoms with Gasteiger partial charge in [0.2, 0.25) is 0 Å². The number of phosphoric ester groups is 1. The maximum absolute atomic E-state index is 12.2. The topological polar surface area (TPSA) is 71.6 Å². The lowest BCUT2D eigenvalue weighted by atomic mass is 10.1. The van der Waals surface area contributed by atoms with Crippen molar-refractivity contribution in [3.63, 3.8) is 0 Å². The van der Waals surface area contributed by atoms with Crippen LogP contribution in [-0.2, 0) is 20.0 Å². The van der Waals surface area contributed by atoms with Crippen LogP contribution in [0.1, 0.15) is 13.8 Å². The fourth-order valence-electron chi connectivity index (χ4n) is 2.08. The Balaban J connectivity index is 2.30. The lowest BCUT2D eigenvalue weighted by Crippen LogP contribution is -2.42. The molecule has 0 amide bonds. The number of halogens is 3. The summed E-state index contributed by atoms with van der Waals surface area (Å²) in [6, 6.07) is 7.00. The minimum atomic E-state index is -5.39. The van der Waals surface area contributed by atoms with E-state index in [1.807, 2.05) is 0 Å². The Morgan fingerprint density at radius 2 is 2.04 bits per heavy atom. The van der Waals surface area contributed by atoms with Crippen molar-refractivity contribution in [2.75, 3.05) is 33.8 Å². The number of nitrogens with zero attached hydrogens (tertiary/aromatic N) is 1. The number of hydrogen-bond acceptors (Lipinski definition) is 3. The Bertz CT molecular complexity index is 933. The summed E-state index contributed by atoms with van der Waals surface area (Å²) >= 11 is 0. The Kier molecular flexibility index (Phi) is 3.85. The molecule has 0 saturated carbocycles. The molecule has 0 saturated heterocycles. The third-order valence-electron chi connectivity index (χ3n) is 3.27. The summed E-state index contributed by atoms with van der Waals surface area (Å²) in [5, 5.41) is 0.721. The number of fused-ring (bicyclic) bond motifs is 1. The van der Waals surface area contributed by atoms with Crippen LogP contribution in [0.4, 0.5) is 13.2 Å². The van der Waals surface area contributed by atoms with Gasteiger partial charge in [-0.1, -0.05) is 18.2 Å². The van der Waals surface area contributed by atoms with Gasteiger partial charge in [-0.25, -0.2) is 9.09 Å². The van der Waals surface area contributed by atoms with Gasteiger partial charge in [-0.05, 0) is 11.6 Å². The van der Waals surface area contributed by atoms with Crippen LogP contribution >= 0.6 is 7.82 Å². The molecule has 0 radical (unpaired) electrons. The lowest BCUT2D eigenvalue weighted by molar-refractivity contribution is -0.906. The van der Waals surface area contributed by atoms with Crippen molar-refractivity contribution in [1.29, 1.82) is 0 Å². The Morgan fingerprint density at radius 3 is 2.72 bits per heavy atom. The molecule has 1 unspecified atom stereocenters. The number of quaternary nitrogens is 1. The van der Waals surface area contributed by atoms with Crippen LogP contribution in [0.3, 0.4) is 0 Å². The molecule has 2 aromatic rings. The monoisotopic (exact) mass is 387 g/mol. The van der Waals surface area contributed by atoms with Gasteiger partial charge in [0.05, 0.1) is 28.7 Å². The largest absolute Gasteiger partial charge is 0.476 e. The highest BCUT2D eigenvalue weighted by molar-refractivity contribution is 7.47. The molecule has 0 aliphatic heterocycles. The van der Waals surface area contributed by atoms with Gasteiger partial charge in [0.25, 0.3) is 0 Å². The molecule has 1 aromatic heterocycles. The fraction of sp³-hybridized carbons (Fsp3) is 0.467. The van der Waals surface area contributed by atoms with Crippen LogP contribution in [-0.4, -0.2) is 54.4 Å². The minimum Gasteiger partial charge on any atom is -0.361 e. The van der Waals surface area contributed by atoms with Crippen LogP contribution in [0, 0.1) is 0 Å². The number of likely N-dealkylation sites (N-methyl/N-ethyl adjacent to an activating group) is 1. The van der Waals surface area contributed by atoms with Crippen LogP contribution in [0.25, 0.3) is 10.9 Å². The summed E-state index contributed by atoms with van der Waals surface area (Å²) in [6.45, 7) is -10.6. The first kappa shape index (κ1) is 12.9. The molecule has 10 heteroatoms. The van der Waals surface area contributed by atoms with Crippen LogP contribution in [0.2, 0.25) is 0 Å². The quantitative estimate of drug-likeness (QED) is 0.414. The molecule has 2 N–H and O–H groups in total. The van der Waals surface area contributed by atoms with Crippen molar-refractivity contribution in [1.82, 2.24) is 4.98 Å². The van der Waals surface area contributed by atoms with E-state index in [1.165, 1.54) is 0 Å². The van der Waals surface area contributed by atoms with Crippen molar-refractivity contribution in [3.05, 3.63) is 36.0 Å². The van der Waals surface area contributed by atoms with Gasteiger partial charge in [0.15, 0.2) is 13.3 Å². The molecule has 0 aliphatic carbocycles. The smallest absolute Gasteiger partial charge is 0.361 e. The number of aromatic amines is 1. The fourth-order valence-corrected chi connectivity index (χ4v) is 2.80. The van der Waals surface area contributed by atoms with Crippen LogP contribution in [0.5, 0.6) is 0 Å². The van der Waals surface area contributed by atoms with E-state index in [0.29, 0.717) is 5.56 Å². The highest BCUT2D eigenvalue weighted by atomic mass is 31.2. The van der Waals surface area contributed by atoms with E-state index in [0.717, 1.165) is 10.9 Å². The number of hydrogen-bond donors (Lipinski definition) is 2. The lowest BCUT2D eigenvalue weighted by Gasteiger charge is -2.29. The molecular weight excluding hydrogens is 360 g/mol. The highest BCUT2D eigenvalue weighted by Gasteiger charge is 2.35. The zero-order valence-electron chi connectivity index (χ0n) is 18.9. The van der Waals surface area contributed by atoms with E-state index in [-0.39, 0.29) is 6.42 Å². The summed E-state index contributed by atoms with van der Waals surface area (Å²) in [6.07, 6.45) is -3.46. The predicted octanol–water partition coefficient (Wildman–Crippen LogP) is 3.44. The van der Waals surface area contributed by atoms with Crippen molar-refractivity contribution in [2.45, 2.75) is 12.6 Å². The average Bonchev–Trinajstić information content (AvgIpc) is 3.01. The molecule has 2 rings (SSSR count). The van der Waals surface area contributed by atoms with Gasteiger partial charge < -0.3 is 14.4 Å². The van der Waals surface area contributed by atoms with Crippen LogP contribution < -0.4 is 0 Å².